The molecule has 0 amide bonds. The smallest absolute Gasteiger partial charge is 0.124 e. The first-order chi connectivity index (χ1) is 9.21. The lowest BCUT2D eigenvalue weighted by molar-refractivity contribution is 0.342. The van der Waals surface area contributed by atoms with Gasteiger partial charge < -0.3 is 14.8 Å². The molecule has 0 radical (unpaired) electrons. The van der Waals surface area contributed by atoms with E-state index in [-0.39, 0.29) is 0 Å². The van der Waals surface area contributed by atoms with Crippen LogP contribution in [0.25, 0.3) is 0 Å². The van der Waals surface area contributed by atoms with Crippen molar-refractivity contribution in [1.82, 2.24) is 5.32 Å². The summed E-state index contributed by atoms with van der Waals surface area (Å²) >= 11 is 0. The number of methoxy groups -OCH3 is 1. The molecule has 0 fully saturated rings. The summed E-state index contributed by atoms with van der Waals surface area (Å²) in [6, 6.07) is 5.91. The van der Waals surface area contributed by atoms with Crippen molar-refractivity contribution >= 4 is 0 Å². The van der Waals surface area contributed by atoms with Crippen LogP contribution in [0.5, 0.6) is 11.5 Å². The molecule has 0 aromatic heterocycles. The number of benzene rings is 1. The highest BCUT2D eigenvalue weighted by atomic mass is 16.5. The molecule has 0 aliphatic carbocycles. The Morgan fingerprint density at radius 3 is 2.74 bits per heavy atom. The van der Waals surface area contributed by atoms with E-state index in [0.29, 0.717) is 6.61 Å². The van der Waals surface area contributed by atoms with Crippen molar-refractivity contribution in [1.29, 1.82) is 0 Å². The summed E-state index contributed by atoms with van der Waals surface area (Å²) in [6.07, 6.45) is 2.06. The molecule has 0 bridgehead atoms. The van der Waals surface area contributed by atoms with Gasteiger partial charge in [-0.25, -0.2) is 0 Å². The van der Waals surface area contributed by atoms with Crippen molar-refractivity contribution in [3.63, 3.8) is 0 Å². The van der Waals surface area contributed by atoms with Gasteiger partial charge in [-0.2, -0.15) is 0 Å². The third-order valence-corrected chi connectivity index (χ3v) is 2.94. The summed E-state index contributed by atoms with van der Waals surface area (Å²) in [7, 11) is 1.68. The van der Waals surface area contributed by atoms with Gasteiger partial charge in [-0.15, -0.1) is 0 Å². The molecule has 0 atom stereocenters. The van der Waals surface area contributed by atoms with Crippen LogP contribution >= 0.6 is 0 Å². The minimum Gasteiger partial charge on any atom is -0.497 e. The summed E-state index contributed by atoms with van der Waals surface area (Å²) in [5.41, 5.74) is 2.22. The van der Waals surface area contributed by atoms with Gasteiger partial charge in [0.15, 0.2) is 0 Å². The standard InChI is InChI=1S/C16H25NO2/c1-5-9-17-11-14-10-15(18-4)7-8-16(14)19-12-13(3)6-2/h7-8,10,17H,3,5-6,9,11-12H2,1-2,4H3. The molecule has 3 nitrogen and oxygen atoms in total. The lowest BCUT2D eigenvalue weighted by atomic mass is 10.2. The molecule has 0 aliphatic heterocycles. The highest BCUT2D eigenvalue weighted by molar-refractivity contribution is 5.40. The fourth-order valence-electron chi connectivity index (χ4n) is 1.64. The van der Waals surface area contributed by atoms with E-state index < -0.39 is 0 Å². The van der Waals surface area contributed by atoms with Crippen molar-refractivity contribution < 1.29 is 9.47 Å². The average molecular weight is 263 g/mol. The number of hydrogen-bond acceptors (Lipinski definition) is 3. The van der Waals surface area contributed by atoms with Gasteiger partial charge in [0.05, 0.1) is 7.11 Å². The summed E-state index contributed by atoms with van der Waals surface area (Å²) in [4.78, 5) is 0. The minimum atomic E-state index is 0.573. The van der Waals surface area contributed by atoms with Crippen molar-refractivity contribution in [2.75, 3.05) is 20.3 Å². The summed E-state index contributed by atoms with van der Waals surface area (Å²) in [5.74, 6) is 1.76. The molecular formula is C16H25NO2. The van der Waals surface area contributed by atoms with E-state index in [9.17, 15) is 0 Å². The van der Waals surface area contributed by atoms with Crippen LogP contribution < -0.4 is 14.8 Å². The summed E-state index contributed by atoms with van der Waals surface area (Å²) < 4.78 is 11.1. The minimum absolute atomic E-state index is 0.573. The first-order valence-electron chi connectivity index (χ1n) is 6.88. The monoisotopic (exact) mass is 263 g/mol. The maximum atomic E-state index is 5.82. The Bertz CT molecular complexity index is 402. The Morgan fingerprint density at radius 1 is 1.32 bits per heavy atom. The van der Waals surface area contributed by atoms with E-state index in [2.05, 4.69) is 25.7 Å². The van der Waals surface area contributed by atoms with E-state index in [4.69, 9.17) is 9.47 Å². The molecule has 1 N–H and O–H groups in total. The SMILES string of the molecule is C=C(CC)COc1ccc(OC)cc1CNCCC. The van der Waals surface area contributed by atoms with Gasteiger partial charge in [0.25, 0.3) is 0 Å². The Hall–Kier alpha value is -1.48. The Labute approximate surface area is 116 Å². The van der Waals surface area contributed by atoms with Gasteiger partial charge in [0.1, 0.15) is 18.1 Å². The molecule has 1 aromatic carbocycles. The zero-order chi connectivity index (χ0) is 14.1. The topological polar surface area (TPSA) is 30.5 Å². The van der Waals surface area contributed by atoms with E-state index >= 15 is 0 Å². The molecule has 1 aromatic rings. The molecular weight excluding hydrogens is 238 g/mol. The highest BCUT2D eigenvalue weighted by Crippen LogP contribution is 2.24. The van der Waals surface area contributed by atoms with Crippen molar-refractivity contribution in [2.24, 2.45) is 0 Å². The van der Waals surface area contributed by atoms with Crippen LogP contribution in [0.15, 0.2) is 30.4 Å². The zero-order valence-electron chi connectivity index (χ0n) is 12.3. The van der Waals surface area contributed by atoms with Gasteiger partial charge in [-0.3, -0.25) is 0 Å². The van der Waals surface area contributed by atoms with Gasteiger partial charge in [0, 0.05) is 12.1 Å². The van der Waals surface area contributed by atoms with E-state index in [1.807, 2.05) is 18.2 Å². The number of rotatable bonds is 9. The second kappa shape index (κ2) is 8.59. The van der Waals surface area contributed by atoms with Crippen LogP contribution in [0.4, 0.5) is 0 Å². The van der Waals surface area contributed by atoms with E-state index in [0.717, 1.165) is 48.6 Å². The zero-order valence-corrected chi connectivity index (χ0v) is 12.3. The van der Waals surface area contributed by atoms with Crippen LogP contribution in [0.1, 0.15) is 32.3 Å². The van der Waals surface area contributed by atoms with Crippen LogP contribution in [-0.2, 0) is 6.54 Å². The van der Waals surface area contributed by atoms with Crippen molar-refractivity contribution in [3.8, 4) is 11.5 Å². The lowest BCUT2D eigenvalue weighted by Gasteiger charge is -2.14. The van der Waals surface area contributed by atoms with Crippen molar-refractivity contribution in [3.05, 3.63) is 35.9 Å². The maximum absolute atomic E-state index is 5.82. The largest absolute Gasteiger partial charge is 0.497 e. The lowest BCUT2D eigenvalue weighted by Crippen LogP contribution is -2.15. The molecule has 0 spiro atoms. The van der Waals surface area contributed by atoms with Gasteiger partial charge in [0.2, 0.25) is 0 Å². The fourth-order valence-corrected chi connectivity index (χ4v) is 1.64. The van der Waals surface area contributed by atoms with Gasteiger partial charge >= 0.3 is 0 Å². The molecule has 106 valence electrons. The average Bonchev–Trinajstić information content (AvgIpc) is 2.45. The molecule has 0 unspecified atom stereocenters. The van der Waals surface area contributed by atoms with Crippen LogP contribution in [0.3, 0.4) is 0 Å². The van der Waals surface area contributed by atoms with Crippen LogP contribution in [0.2, 0.25) is 0 Å². The van der Waals surface area contributed by atoms with Crippen LogP contribution in [-0.4, -0.2) is 20.3 Å². The molecule has 1 rings (SSSR count). The van der Waals surface area contributed by atoms with Crippen molar-refractivity contribution in [2.45, 2.75) is 33.2 Å². The maximum Gasteiger partial charge on any atom is 0.124 e. The summed E-state index contributed by atoms with van der Waals surface area (Å²) in [5, 5.41) is 3.39. The fraction of sp³-hybridized carbons (Fsp3) is 0.500. The van der Waals surface area contributed by atoms with E-state index in [1.54, 1.807) is 7.11 Å². The Morgan fingerprint density at radius 2 is 2.11 bits per heavy atom. The second-order valence-corrected chi connectivity index (χ2v) is 4.54. The number of ether oxygens (including phenoxy) is 2. The van der Waals surface area contributed by atoms with Gasteiger partial charge in [-0.1, -0.05) is 20.4 Å². The van der Waals surface area contributed by atoms with Gasteiger partial charge in [-0.05, 0) is 43.2 Å². The third-order valence-electron chi connectivity index (χ3n) is 2.94. The predicted octanol–water partition coefficient (Wildman–Crippen LogP) is 3.54. The molecule has 19 heavy (non-hydrogen) atoms. The first-order valence-corrected chi connectivity index (χ1v) is 6.88. The molecule has 0 saturated carbocycles. The predicted molar refractivity (Wildman–Crippen MR) is 79.9 cm³/mol. The Balaban J connectivity index is 2.73. The normalized spacial score (nSPS) is 10.3. The quantitative estimate of drug-likeness (QED) is 0.546. The highest BCUT2D eigenvalue weighted by Gasteiger charge is 2.06. The molecule has 0 heterocycles. The molecule has 0 aliphatic rings. The van der Waals surface area contributed by atoms with E-state index in [1.165, 1.54) is 0 Å². The first kappa shape index (κ1) is 15.6. The second-order valence-electron chi connectivity index (χ2n) is 4.54. The number of nitrogens with one attached hydrogen (secondary N) is 1. The van der Waals surface area contributed by atoms with Crippen LogP contribution in [0, 0.1) is 0 Å². The molecule has 3 heteroatoms. The molecule has 0 saturated heterocycles. The summed E-state index contributed by atoms with van der Waals surface area (Å²) in [6.45, 7) is 10.6. The third kappa shape index (κ3) is 5.35. The Kier molecular flexibility index (Phi) is 7.04. The number of hydrogen-bond donors (Lipinski definition) is 1.